The number of rotatable bonds is 11. The first-order valence-corrected chi connectivity index (χ1v) is 11.7. The van der Waals surface area contributed by atoms with E-state index in [1.807, 2.05) is 31.2 Å². The largest absolute Gasteiger partial charge is 0.308 e. The maximum absolute atomic E-state index is 14.6. The number of aromatic amines is 1. The summed E-state index contributed by atoms with van der Waals surface area (Å²) in [5.74, 6) is -2.50. The number of H-pyrrole nitrogens is 1. The van der Waals surface area contributed by atoms with Crippen molar-refractivity contribution in [3.63, 3.8) is 0 Å². The van der Waals surface area contributed by atoms with Gasteiger partial charge in [-0.15, -0.1) is 15.3 Å². The lowest BCUT2D eigenvalue weighted by molar-refractivity contribution is -0.0245. The molecule has 0 aliphatic rings. The molecule has 0 unspecified atom stereocenters. The number of alkyl halides is 2. The van der Waals surface area contributed by atoms with E-state index in [4.69, 9.17) is 0 Å². The second-order valence-electron chi connectivity index (χ2n) is 8.37. The molecule has 1 N–H and O–H groups in total. The average molecular weight is 480 g/mol. The van der Waals surface area contributed by atoms with Crippen LogP contribution >= 0.6 is 0 Å². The van der Waals surface area contributed by atoms with Crippen LogP contribution in [0.5, 0.6) is 0 Å². The molecule has 3 heterocycles. The molecule has 0 saturated carbocycles. The fourth-order valence-electron chi connectivity index (χ4n) is 3.86. The number of aryl methyl sites for hydroxylation is 1. The van der Waals surface area contributed by atoms with Crippen LogP contribution in [0.15, 0.2) is 36.4 Å². The number of benzene rings is 1. The van der Waals surface area contributed by atoms with E-state index in [0.29, 0.717) is 48.8 Å². The summed E-state index contributed by atoms with van der Waals surface area (Å²) in [5, 5.41) is 27.8. The zero-order valence-electron chi connectivity index (χ0n) is 19.7. The number of unbranched alkanes of at least 4 members (excludes halogenated alkanes) is 2. The Morgan fingerprint density at radius 1 is 1.06 bits per heavy atom. The first kappa shape index (κ1) is 24.2. The van der Waals surface area contributed by atoms with E-state index in [-0.39, 0.29) is 6.42 Å². The zero-order chi connectivity index (χ0) is 24.8. The molecule has 0 atom stereocenters. The molecule has 4 aromatic rings. The van der Waals surface area contributed by atoms with Gasteiger partial charge in [0.05, 0.1) is 12.2 Å². The summed E-state index contributed by atoms with van der Waals surface area (Å²) in [6.07, 6.45) is 3.23. The Morgan fingerprint density at radius 3 is 2.49 bits per heavy atom. The van der Waals surface area contributed by atoms with E-state index in [2.05, 4.69) is 43.7 Å². The molecule has 9 nitrogen and oxygen atoms in total. The Labute approximate surface area is 201 Å². The van der Waals surface area contributed by atoms with Crippen molar-refractivity contribution in [1.82, 2.24) is 40.0 Å². The van der Waals surface area contributed by atoms with Crippen molar-refractivity contribution in [3.05, 3.63) is 59.3 Å². The summed E-state index contributed by atoms with van der Waals surface area (Å²) in [7, 11) is 0. The summed E-state index contributed by atoms with van der Waals surface area (Å²) in [4.78, 5) is 4.23. The molecule has 182 valence electrons. The molecule has 4 rings (SSSR count). The minimum atomic E-state index is -3.04. The Morgan fingerprint density at radius 2 is 1.83 bits per heavy atom. The topological polar surface area (TPSA) is 114 Å². The zero-order valence-corrected chi connectivity index (χ0v) is 19.7. The van der Waals surface area contributed by atoms with Crippen LogP contribution in [0.3, 0.4) is 0 Å². The Hall–Kier alpha value is -3.94. The Kier molecular flexibility index (Phi) is 7.29. The fraction of sp³-hybridized carbons (Fsp3) is 0.417. The van der Waals surface area contributed by atoms with Gasteiger partial charge in [-0.05, 0) is 47.9 Å². The van der Waals surface area contributed by atoms with Crippen LogP contribution < -0.4 is 0 Å². The minimum Gasteiger partial charge on any atom is -0.298 e. The quantitative estimate of drug-likeness (QED) is 0.331. The van der Waals surface area contributed by atoms with Gasteiger partial charge in [-0.3, -0.25) is 4.57 Å². The molecule has 1 aromatic carbocycles. The van der Waals surface area contributed by atoms with Gasteiger partial charge in [-0.2, -0.15) is 19.3 Å². The van der Waals surface area contributed by atoms with E-state index in [0.717, 1.165) is 24.1 Å². The number of nitriles is 1. The summed E-state index contributed by atoms with van der Waals surface area (Å²) < 4.78 is 32.6. The molecule has 0 amide bonds. The van der Waals surface area contributed by atoms with E-state index < -0.39 is 11.7 Å². The second-order valence-corrected chi connectivity index (χ2v) is 8.37. The van der Waals surface area contributed by atoms with Crippen LogP contribution in [0.2, 0.25) is 0 Å². The maximum Gasteiger partial charge on any atom is 0.308 e. The highest BCUT2D eigenvalue weighted by Gasteiger charge is 2.36. The van der Waals surface area contributed by atoms with Crippen LogP contribution in [0.25, 0.3) is 17.2 Å². The molecule has 0 fully saturated rings. The first-order chi connectivity index (χ1) is 17.0. The van der Waals surface area contributed by atoms with Crippen LogP contribution in [0.1, 0.15) is 68.9 Å². The highest BCUT2D eigenvalue weighted by atomic mass is 19.3. The lowest BCUT2D eigenvalue weighted by Gasteiger charge is -2.11. The minimum absolute atomic E-state index is 0.254. The molecule has 0 bridgehead atoms. The van der Waals surface area contributed by atoms with E-state index in [1.165, 1.54) is 0 Å². The molecule has 0 aliphatic carbocycles. The van der Waals surface area contributed by atoms with Gasteiger partial charge in [0.25, 0.3) is 0 Å². The van der Waals surface area contributed by atoms with E-state index in [9.17, 15) is 14.0 Å². The Balaban J connectivity index is 1.61. The summed E-state index contributed by atoms with van der Waals surface area (Å²) in [6, 6.07) is 13.1. The molecule has 35 heavy (non-hydrogen) atoms. The number of nitrogens with zero attached hydrogens (tertiary/aromatic N) is 8. The van der Waals surface area contributed by atoms with Gasteiger partial charge in [0.15, 0.2) is 0 Å². The van der Waals surface area contributed by atoms with Gasteiger partial charge in [0, 0.05) is 18.5 Å². The third kappa shape index (κ3) is 5.26. The highest BCUT2D eigenvalue weighted by Crippen LogP contribution is 2.31. The third-order valence-corrected chi connectivity index (χ3v) is 5.77. The predicted molar refractivity (Wildman–Crippen MR) is 125 cm³/mol. The van der Waals surface area contributed by atoms with Crippen LogP contribution in [0.4, 0.5) is 8.78 Å². The molecule has 11 heteroatoms. The van der Waals surface area contributed by atoms with Gasteiger partial charge in [0.2, 0.25) is 11.6 Å². The molecule has 0 radical (unpaired) electrons. The monoisotopic (exact) mass is 479 g/mol. The third-order valence-electron chi connectivity index (χ3n) is 5.77. The smallest absolute Gasteiger partial charge is 0.298 e. The SMILES string of the molecule is CCCCc1nc(C(F)(F)CCCC)nn1Cc1ccc(-n2c(C#N)ccc2-c2nn[nH]n2)cc1. The molecule has 3 aromatic heterocycles. The predicted octanol–water partition coefficient (Wildman–Crippen LogP) is 4.79. The van der Waals surface area contributed by atoms with Crippen molar-refractivity contribution in [2.75, 3.05) is 0 Å². The van der Waals surface area contributed by atoms with Crippen LogP contribution in [-0.4, -0.2) is 40.0 Å². The van der Waals surface area contributed by atoms with Crippen molar-refractivity contribution < 1.29 is 8.78 Å². The van der Waals surface area contributed by atoms with Gasteiger partial charge in [-0.25, -0.2) is 9.67 Å². The van der Waals surface area contributed by atoms with Crippen LogP contribution in [-0.2, 0) is 18.9 Å². The normalized spacial score (nSPS) is 11.6. The number of aromatic nitrogens is 8. The van der Waals surface area contributed by atoms with Crippen molar-refractivity contribution in [3.8, 4) is 23.3 Å². The number of hydrogen-bond donors (Lipinski definition) is 1. The summed E-state index contributed by atoms with van der Waals surface area (Å²) in [5.41, 5.74) is 2.67. The lowest BCUT2D eigenvalue weighted by Crippen LogP contribution is -2.16. The van der Waals surface area contributed by atoms with E-state index >= 15 is 0 Å². The molecule has 0 spiro atoms. The number of hydrogen-bond acceptors (Lipinski definition) is 6. The number of halogens is 2. The summed E-state index contributed by atoms with van der Waals surface area (Å²) in [6.45, 7) is 4.26. The first-order valence-electron chi connectivity index (χ1n) is 11.7. The number of tetrazole rings is 1. The van der Waals surface area contributed by atoms with Gasteiger partial charge in [0.1, 0.15) is 17.6 Å². The Bertz CT molecular complexity index is 1280. The standard InChI is InChI=1S/C24H27F2N9/c1-3-5-7-21-28-23(24(25,26)14-6-4-2)31-34(21)16-17-8-10-18(11-9-17)35-19(15-27)12-13-20(35)22-29-32-33-30-22/h8-13H,3-7,14,16H2,1-2H3,(H,29,30,32,33). The van der Waals surface area contributed by atoms with Crippen molar-refractivity contribution >= 4 is 0 Å². The fourth-order valence-corrected chi connectivity index (χ4v) is 3.86. The second kappa shape index (κ2) is 10.5. The highest BCUT2D eigenvalue weighted by molar-refractivity contribution is 5.58. The number of nitrogens with one attached hydrogen (secondary N) is 1. The maximum atomic E-state index is 14.6. The van der Waals surface area contributed by atoms with Crippen molar-refractivity contribution in [1.29, 1.82) is 5.26 Å². The molecular weight excluding hydrogens is 452 g/mol. The van der Waals surface area contributed by atoms with Crippen molar-refractivity contribution in [2.45, 2.75) is 64.8 Å². The average Bonchev–Trinajstić information content (AvgIpc) is 3.61. The molecule has 0 aliphatic heterocycles. The van der Waals surface area contributed by atoms with Gasteiger partial charge >= 0.3 is 5.92 Å². The molecule has 0 saturated heterocycles. The van der Waals surface area contributed by atoms with E-state index in [1.54, 1.807) is 21.4 Å². The van der Waals surface area contributed by atoms with Crippen molar-refractivity contribution in [2.24, 2.45) is 0 Å². The summed E-state index contributed by atoms with van der Waals surface area (Å²) >= 11 is 0. The lowest BCUT2D eigenvalue weighted by atomic mass is 10.1. The van der Waals surface area contributed by atoms with Crippen LogP contribution in [0, 0.1) is 11.3 Å². The van der Waals surface area contributed by atoms with Gasteiger partial charge in [-0.1, -0.05) is 38.8 Å². The van der Waals surface area contributed by atoms with Gasteiger partial charge < -0.3 is 0 Å². The molecular formula is C24H27F2N9.